The number of ether oxygens (including phenoxy) is 5. The largest absolute Gasteiger partial charge is 0.469 e. The second kappa shape index (κ2) is 51.8. The third-order valence-electron chi connectivity index (χ3n) is 25.5. The number of nitrogens with two attached hydrogens (primary N) is 3. The van der Waals surface area contributed by atoms with E-state index < -0.39 is 60.1 Å². The Bertz CT molecular complexity index is 6380. The van der Waals surface area contributed by atoms with Gasteiger partial charge in [-0.25, -0.2) is 64.9 Å². The van der Waals surface area contributed by atoms with Crippen LogP contribution in [0.15, 0.2) is 315 Å². The number of rotatable bonds is 32. The summed E-state index contributed by atoms with van der Waals surface area (Å²) in [5.41, 5.74) is 45.2. The molecule has 0 radical (unpaired) electrons. The first-order valence-electron chi connectivity index (χ1n) is 48.4. The number of hydrazine groups is 3. The van der Waals surface area contributed by atoms with E-state index in [0.717, 1.165) is 130 Å². The first-order valence-corrected chi connectivity index (χ1v) is 49.8. The van der Waals surface area contributed by atoms with Crippen LogP contribution in [0, 0.1) is 5.92 Å². The van der Waals surface area contributed by atoms with Gasteiger partial charge in [-0.3, -0.25) is 24.0 Å². The molecule has 32 heteroatoms. The maximum atomic E-state index is 13.1. The van der Waals surface area contributed by atoms with Crippen LogP contribution in [0.3, 0.4) is 0 Å². The van der Waals surface area contributed by atoms with Crippen molar-refractivity contribution in [3.63, 3.8) is 0 Å². The van der Waals surface area contributed by atoms with Gasteiger partial charge in [-0.05, 0) is 136 Å². The summed E-state index contributed by atoms with van der Waals surface area (Å²) in [6.07, 6.45) is 3.73. The van der Waals surface area contributed by atoms with Crippen LogP contribution in [0.2, 0.25) is 0 Å². The highest BCUT2D eigenvalue weighted by Gasteiger charge is 2.37. The molecule has 12 aromatic carbocycles. The van der Waals surface area contributed by atoms with Gasteiger partial charge in [0.1, 0.15) is 52.6 Å². The van der Waals surface area contributed by atoms with Gasteiger partial charge in [0, 0.05) is 75.2 Å². The minimum atomic E-state index is -0.965. The molecule has 1 heterocycles. The summed E-state index contributed by atoms with van der Waals surface area (Å²) in [5, 5.41) is 2.91. The quantitative estimate of drug-likeness (QED) is 0.0130. The molecule has 1 aliphatic heterocycles. The van der Waals surface area contributed by atoms with Gasteiger partial charge >= 0.3 is 72.1 Å². The number of methoxy groups -OCH3 is 1. The van der Waals surface area contributed by atoms with E-state index in [4.69, 9.17) is 36.1 Å². The zero-order valence-corrected chi connectivity index (χ0v) is 82.7. The molecule has 4 aliphatic carbocycles. The SMILES string of the molecule is CC(C)CN(NC(=O)N(CC(=O)OCC1c2ccccc2-c2ccccc21)Cc1ccccc1)C(N)=O.COC(=O)CCN(NC(=O)N(CC(=O)OCC1c2ccccc2-c2ccccc21)Cc1ccccc1)C(N)=O.CSCCN(NC(=O)N(CC(=O)OCC1c2ccccc2-c2ccccc21)Cc1ccccc1)C(N)=O.O=C(CN(Cc1ccccc1)C(=O)N1CCCC1)OCC1c2ccccc2-c2ccccc21. The predicted molar refractivity (Wildman–Crippen MR) is 557 cm³/mol. The van der Waals surface area contributed by atoms with Crippen LogP contribution in [-0.2, 0) is 73.8 Å². The van der Waals surface area contributed by atoms with Crippen LogP contribution < -0.4 is 33.5 Å². The van der Waals surface area contributed by atoms with Crippen LogP contribution in [0.5, 0.6) is 0 Å². The molecule has 12 aromatic rings. The summed E-state index contributed by atoms with van der Waals surface area (Å²) < 4.78 is 27.4. The Kier molecular flexibility index (Phi) is 37.2. The lowest BCUT2D eigenvalue weighted by atomic mass is 9.98. The number of nitrogens with zero attached hydrogens (tertiary/aromatic N) is 8. The predicted octanol–water partition coefficient (Wildman–Crippen LogP) is 17.2. The number of benzene rings is 12. The lowest BCUT2D eigenvalue weighted by molar-refractivity contribution is -0.145. The smallest absolute Gasteiger partial charge is 0.337 e. The van der Waals surface area contributed by atoms with E-state index >= 15 is 0 Å². The maximum Gasteiger partial charge on any atom is 0.337 e. The first-order chi connectivity index (χ1) is 70.9. The number of carbonyl (C=O) groups excluding carboxylic acids is 12. The Labute approximate surface area is 853 Å². The average molecular weight is 1990 g/mol. The van der Waals surface area contributed by atoms with E-state index in [0.29, 0.717) is 12.3 Å². The molecule has 5 aliphatic rings. The minimum absolute atomic E-state index is 0.0122. The number of amides is 14. The fraction of sp³-hybridized carbons (Fsp3) is 0.263. The summed E-state index contributed by atoms with van der Waals surface area (Å²) >= 11 is 1.52. The molecular weight excluding hydrogens is 1870 g/mol. The Morgan fingerprint density at radius 3 is 0.801 bits per heavy atom. The van der Waals surface area contributed by atoms with Crippen LogP contribution in [0.4, 0.5) is 33.6 Å². The number of carbonyl (C=O) groups is 12. The monoisotopic (exact) mass is 1990 g/mol. The van der Waals surface area contributed by atoms with E-state index in [1.807, 2.05) is 256 Å². The molecule has 0 saturated carbocycles. The summed E-state index contributed by atoms with van der Waals surface area (Å²) in [4.78, 5) is 159. The van der Waals surface area contributed by atoms with Crippen LogP contribution in [-0.4, -0.2) is 216 Å². The van der Waals surface area contributed by atoms with Gasteiger partial charge in [0.2, 0.25) is 0 Å². The summed E-state index contributed by atoms with van der Waals surface area (Å²) in [6, 6.07) is 97.8. The molecule has 0 atom stereocenters. The molecule has 0 unspecified atom stereocenters. The molecule has 0 bridgehead atoms. The van der Waals surface area contributed by atoms with Crippen molar-refractivity contribution < 1.29 is 81.2 Å². The van der Waals surface area contributed by atoms with E-state index in [1.54, 1.807) is 17.0 Å². The number of hydrogen-bond donors (Lipinski definition) is 6. The number of fused-ring (bicyclic) bond motifs is 12. The molecule has 0 spiro atoms. The van der Waals surface area contributed by atoms with Gasteiger partial charge in [0.15, 0.2) is 0 Å². The number of esters is 5. The molecule has 0 aromatic heterocycles. The molecule has 1 fully saturated rings. The zero-order valence-electron chi connectivity index (χ0n) is 81.9. The molecule has 9 N–H and O–H groups in total. The van der Waals surface area contributed by atoms with Crippen LogP contribution >= 0.6 is 11.8 Å². The van der Waals surface area contributed by atoms with E-state index in [2.05, 4.69) is 93.8 Å². The van der Waals surface area contributed by atoms with Crippen molar-refractivity contribution in [2.45, 2.75) is 83.0 Å². The standard InChI is InChI=1S/C29H30N4O6.C29H32N4O4.C28H30N4O4S.C28H28N2O3/c1-38-26(34)15-16-33(28(30)36)31-29(37)32(17-20-9-3-2-4-10-20)18-27(35)39-19-25-23-13-7-5-11-21(23)22-12-6-8-14-24(22)25;1-20(2)16-33(28(30)35)31-29(36)32(17-21-10-4-3-5-11-21)18-27(34)37-19-26-24-14-8-6-12-22(24)23-13-7-9-15-25(23)26;1-37-16-15-32(27(29)34)30-28(35)31(17-20-9-3-2-4-10-20)18-26(33)36-19-25-23-13-7-5-11-21(23)22-12-6-8-14-24(22)25;31-27(19-30(18-21-10-2-1-3-11-21)28(32)29-16-8-9-17-29)33-20-26-24-14-6-4-12-22(24)23-13-5-7-15-25(23)26/h2-14,25H,15-19H2,1H3,(H2,30,36)(H,31,37);3-15,20,26H,16-19H2,1-2H3,(H2,30,35)(H,31,36);2-14,25H,15-19H2,1H3,(H2,29,34)(H,30,35);1-7,10-15,26H,8-9,16-20H2. The van der Waals surface area contributed by atoms with Crippen molar-refractivity contribution in [3.05, 3.63) is 382 Å². The van der Waals surface area contributed by atoms with E-state index in [-0.39, 0.29) is 140 Å². The molecule has 754 valence electrons. The number of urea groups is 7. The normalized spacial score (nSPS) is 12.4. The highest BCUT2D eigenvalue weighted by Crippen LogP contribution is 2.49. The third kappa shape index (κ3) is 28.0. The van der Waals surface area contributed by atoms with Gasteiger partial charge in [0.25, 0.3) is 0 Å². The number of thioether (sulfide) groups is 1. The van der Waals surface area contributed by atoms with Gasteiger partial charge in [-0.15, -0.1) is 0 Å². The second-order valence-electron chi connectivity index (χ2n) is 35.9. The molecule has 146 heavy (non-hydrogen) atoms. The summed E-state index contributed by atoms with van der Waals surface area (Å²) in [5.74, 6) is -2.23. The number of hydrogen-bond acceptors (Lipinski definition) is 18. The lowest BCUT2D eigenvalue weighted by Crippen LogP contribution is -2.55. The second-order valence-corrected chi connectivity index (χ2v) is 36.9. The van der Waals surface area contributed by atoms with E-state index in [1.165, 1.54) is 55.8 Å². The number of primary amides is 3. The fourth-order valence-electron chi connectivity index (χ4n) is 18.4. The zero-order chi connectivity index (χ0) is 103. The van der Waals surface area contributed by atoms with Gasteiger partial charge < -0.3 is 65.4 Å². The maximum absolute atomic E-state index is 13.1. The highest BCUT2D eigenvalue weighted by molar-refractivity contribution is 7.98. The Balaban J connectivity index is 0.000000154. The summed E-state index contributed by atoms with van der Waals surface area (Å²) in [6.45, 7) is 6.06. The van der Waals surface area contributed by atoms with Crippen molar-refractivity contribution in [3.8, 4) is 44.5 Å². The average Bonchev–Trinajstić information content (AvgIpc) is 1.63. The molecular formula is C114H120N14O17S. The van der Waals surface area contributed by atoms with Crippen molar-refractivity contribution >= 4 is 83.8 Å². The first kappa shape index (κ1) is 105. The topological polar surface area (TPSA) is 391 Å². The van der Waals surface area contributed by atoms with Crippen LogP contribution in [0.1, 0.15) is 124 Å². The Morgan fingerprint density at radius 1 is 0.322 bits per heavy atom. The third-order valence-corrected chi connectivity index (χ3v) is 26.1. The Hall–Kier alpha value is -16.8. The van der Waals surface area contributed by atoms with Gasteiger partial charge in [-0.2, -0.15) is 11.8 Å². The minimum Gasteiger partial charge on any atom is -0.469 e. The molecule has 31 nitrogen and oxygen atoms in total. The lowest BCUT2D eigenvalue weighted by Gasteiger charge is -2.28. The number of likely N-dealkylation sites (tertiary alicyclic amines) is 1. The molecule has 1 saturated heterocycles. The number of nitrogens with one attached hydrogen (secondary N) is 3. The van der Waals surface area contributed by atoms with Crippen molar-refractivity contribution in [2.75, 3.05) is 104 Å². The summed E-state index contributed by atoms with van der Waals surface area (Å²) in [7, 11) is 1.21. The van der Waals surface area contributed by atoms with Gasteiger partial charge in [0.05, 0.1) is 26.6 Å². The van der Waals surface area contributed by atoms with Crippen molar-refractivity contribution in [2.24, 2.45) is 23.1 Å². The molecule has 17 rings (SSSR count). The van der Waals surface area contributed by atoms with Gasteiger partial charge in [-0.1, -0.05) is 329 Å². The van der Waals surface area contributed by atoms with E-state index in [9.17, 15) is 57.5 Å². The molecule has 14 amide bonds. The fourth-order valence-corrected chi connectivity index (χ4v) is 18.8. The Morgan fingerprint density at radius 2 is 0.555 bits per heavy atom. The highest BCUT2D eigenvalue weighted by atomic mass is 32.2. The van der Waals surface area contributed by atoms with Crippen molar-refractivity contribution in [1.29, 1.82) is 0 Å². The van der Waals surface area contributed by atoms with Crippen molar-refractivity contribution in [1.82, 2.24) is 55.8 Å². The van der Waals surface area contributed by atoms with Crippen LogP contribution in [0.25, 0.3) is 44.5 Å².